The number of halogens is 1. The van der Waals surface area contributed by atoms with Gasteiger partial charge in [-0.25, -0.2) is 0 Å². The van der Waals surface area contributed by atoms with Crippen LogP contribution in [0.25, 0.3) is 0 Å². The zero-order valence-corrected chi connectivity index (χ0v) is 13.9. The number of amides is 1. The SMILES string of the molecule is COc1ccc(CCC(=O)NC2CCCC2CO)cc1Br. The quantitative estimate of drug-likeness (QED) is 0.824. The first kappa shape index (κ1) is 16.3. The Morgan fingerprint density at radius 2 is 2.29 bits per heavy atom. The fourth-order valence-corrected chi connectivity index (χ4v) is 3.44. The van der Waals surface area contributed by atoms with Crippen molar-refractivity contribution in [2.45, 2.75) is 38.1 Å². The van der Waals surface area contributed by atoms with Crippen molar-refractivity contribution in [3.63, 3.8) is 0 Å². The lowest BCUT2D eigenvalue weighted by molar-refractivity contribution is -0.122. The largest absolute Gasteiger partial charge is 0.496 e. The monoisotopic (exact) mass is 355 g/mol. The molecule has 2 N–H and O–H groups in total. The standard InChI is InChI=1S/C16H22BrNO3/c1-21-15-7-5-11(9-13(15)17)6-8-16(20)18-14-4-2-3-12(14)10-19/h5,7,9,12,14,19H,2-4,6,8,10H2,1H3,(H,18,20). The zero-order chi connectivity index (χ0) is 15.2. The Labute approximate surface area is 134 Å². The molecule has 1 saturated carbocycles. The molecule has 2 atom stereocenters. The average Bonchev–Trinajstić information content (AvgIpc) is 2.92. The van der Waals surface area contributed by atoms with Crippen LogP contribution in [0.5, 0.6) is 5.75 Å². The first-order valence-corrected chi connectivity index (χ1v) is 8.16. The molecule has 21 heavy (non-hydrogen) atoms. The number of rotatable bonds is 6. The van der Waals surface area contributed by atoms with Gasteiger partial charge in [0.1, 0.15) is 5.75 Å². The summed E-state index contributed by atoms with van der Waals surface area (Å²) in [5, 5.41) is 12.3. The molecule has 5 heteroatoms. The lowest BCUT2D eigenvalue weighted by Gasteiger charge is -2.19. The van der Waals surface area contributed by atoms with E-state index in [-0.39, 0.29) is 24.5 Å². The van der Waals surface area contributed by atoms with E-state index in [2.05, 4.69) is 21.2 Å². The van der Waals surface area contributed by atoms with Gasteiger partial charge in [-0.2, -0.15) is 0 Å². The van der Waals surface area contributed by atoms with Gasteiger partial charge in [-0.05, 0) is 52.9 Å². The maximum absolute atomic E-state index is 12.0. The van der Waals surface area contributed by atoms with Gasteiger partial charge in [0.25, 0.3) is 0 Å². The molecule has 1 aliphatic carbocycles. The fraction of sp³-hybridized carbons (Fsp3) is 0.562. The van der Waals surface area contributed by atoms with Crippen molar-refractivity contribution >= 4 is 21.8 Å². The average molecular weight is 356 g/mol. The van der Waals surface area contributed by atoms with Crippen LogP contribution in [0.1, 0.15) is 31.2 Å². The van der Waals surface area contributed by atoms with Crippen LogP contribution in [0.15, 0.2) is 22.7 Å². The van der Waals surface area contributed by atoms with Crippen LogP contribution in [-0.4, -0.2) is 30.8 Å². The van der Waals surface area contributed by atoms with Crippen LogP contribution >= 0.6 is 15.9 Å². The van der Waals surface area contributed by atoms with Gasteiger partial charge in [0.2, 0.25) is 5.91 Å². The minimum absolute atomic E-state index is 0.0623. The molecule has 116 valence electrons. The second-order valence-corrected chi connectivity index (χ2v) is 6.37. The van der Waals surface area contributed by atoms with Gasteiger partial charge in [-0.15, -0.1) is 0 Å². The van der Waals surface area contributed by atoms with Crippen LogP contribution in [0, 0.1) is 5.92 Å². The summed E-state index contributed by atoms with van der Waals surface area (Å²) in [6, 6.07) is 6.00. The Morgan fingerprint density at radius 3 is 2.95 bits per heavy atom. The highest BCUT2D eigenvalue weighted by atomic mass is 79.9. The molecule has 1 fully saturated rings. The Hall–Kier alpha value is -1.07. The number of aryl methyl sites for hydroxylation is 1. The molecule has 0 saturated heterocycles. The van der Waals surface area contributed by atoms with E-state index in [1.807, 2.05) is 18.2 Å². The molecule has 4 nitrogen and oxygen atoms in total. The Morgan fingerprint density at radius 1 is 1.48 bits per heavy atom. The number of hydrogen-bond donors (Lipinski definition) is 2. The highest BCUT2D eigenvalue weighted by molar-refractivity contribution is 9.10. The Balaban J connectivity index is 1.82. The molecular weight excluding hydrogens is 334 g/mol. The lowest BCUT2D eigenvalue weighted by atomic mass is 10.0. The van der Waals surface area contributed by atoms with Crippen LogP contribution in [0.3, 0.4) is 0 Å². The third-order valence-corrected chi connectivity index (χ3v) is 4.72. The van der Waals surface area contributed by atoms with Crippen molar-refractivity contribution in [3.05, 3.63) is 28.2 Å². The van der Waals surface area contributed by atoms with Gasteiger partial charge in [-0.3, -0.25) is 4.79 Å². The third kappa shape index (κ3) is 4.45. The number of aliphatic hydroxyl groups is 1. The third-order valence-electron chi connectivity index (χ3n) is 4.10. The minimum atomic E-state index is 0.0623. The predicted molar refractivity (Wildman–Crippen MR) is 85.4 cm³/mol. The van der Waals surface area contributed by atoms with Crippen molar-refractivity contribution < 1.29 is 14.6 Å². The molecule has 2 unspecified atom stereocenters. The summed E-state index contributed by atoms with van der Waals surface area (Å²) in [5.74, 6) is 1.08. The van der Waals surface area contributed by atoms with E-state index in [1.165, 1.54) is 0 Å². The van der Waals surface area contributed by atoms with Crippen LogP contribution in [-0.2, 0) is 11.2 Å². The van der Waals surface area contributed by atoms with E-state index in [0.29, 0.717) is 12.8 Å². The van der Waals surface area contributed by atoms with Crippen LogP contribution in [0.2, 0.25) is 0 Å². The fourth-order valence-electron chi connectivity index (χ4n) is 2.85. The summed E-state index contributed by atoms with van der Waals surface area (Å²) >= 11 is 3.45. The molecule has 1 aromatic carbocycles. The van der Waals surface area contributed by atoms with Crippen molar-refractivity contribution in [2.24, 2.45) is 5.92 Å². The Bertz CT molecular complexity index is 492. The van der Waals surface area contributed by atoms with Crippen LogP contribution < -0.4 is 10.1 Å². The number of nitrogens with one attached hydrogen (secondary N) is 1. The van der Waals surface area contributed by atoms with E-state index in [1.54, 1.807) is 7.11 Å². The number of aliphatic hydroxyl groups excluding tert-OH is 1. The smallest absolute Gasteiger partial charge is 0.220 e. The number of carbonyl (C=O) groups excluding carboxylic acids is 1. The summed E-state index contributed by atoms with van der Waals surface area (Å²) in [6.45, 7) is 0.163. The van der Waals surface area contributed by atoms with Crippen molar-refractivity contribution in [3.8, 4) is 5.75 Å². The molecule has 1 aliphatic rings. The molecule has 1 amide bonds. The first-order valence-electron chi connectivity index (χ1n) is 7.36. The molecule has 0 aliphatic heterocycles. The van der Waals surface area contributed by atoms with Gasteiger partial charge in [0.05, 0.1) is 11.6 Å². The second-order valence-electron chi connectivity index (χ2n) is 5.52. The molecule has 1 aromatic rings. The lowest BCUT2D eigenvalue weighted by Crippen LogP contribution is -2.38. The van der Waals surface area contributed by atoms with Crippen molar-refractivity contribution in [1.29, 1.82) is 0 Å². The molecular formula is C16H22BrNO3. The van der Waals surface area contributed by atoms with Gasteiger partial charge < -0.3 is 15.2 Å². The molecule has 0 radical (unpaired) electrons. The maximum Gasteiger partial charge on any atom is 0.220 e. The predicted octanol–water partition coefficient (Wildman–Crippen LogP) is 2.67. The molecule has 2 rings (SSSR count). The van der Waals surface area contributed by atoms with Gasteiger partial charge in [0, 0.05) is 25.0 Å². The maximum atomic E-state index is 12.0. The topological polar surface area (TPSA) is 58.6 Å². The molecule has 0 spiro atoms. The molecule has 0 aromatic heterocycles. The minimum Gasteiger partial charge on any atom is -0.496 e. The van der Waals surface area contributed by atoms with E-state index < -0.39 is 0 Å². The van der Waals surface area contributed by atoms with Gasteiger partial charge >= 0.3 is 0 Å². The molecule has 0 heterocycles. The molecule has 0 bridgehead atoms. The van der Waals surface area contributed by atoms with Crippen molar-refractivity contribution in [1.82, 2.24) is 5.32 Å². The van der Waals surface area contributed by atoms with Crippen LogP contribution in [0.4, 0.5) is 0 Å². The van der Waals surface area contributed by atoms with Gasteiger partial charge in [-0.1, -0.05) is 12.5 Å². The second kappa shape index (κ2) is 7.80. The van der Waals surface area contributed by atoms with E-state index in [9.17, 15) is 9.90 Å². The zero-order valence-electron chi connectivity index (χ0n) is 12.3. The Kier molecular flexibility index (Phi) is 6.06. The summed E-state index contributed by atoms with van der Waals surface area (Å²) in [4.78, 5) is 12.0. The number of methoxy groups -OCH3 is 1. The number of benzene rings is 1. The summed E-state index contributed by atoms with van der Waals surface area (Å²) in [7, 11) is 1.63. The van der Waals surface area contributed by atoms with Gasteiger partial charge in [0.15, 0.2) is 0 Å². The van der Waals surface area contributed by atoms with Crippen molar-refractivity contribution in [2.75, 3.05) is 13.7 Å². The van der Waals surface area contributed by atoms with E-state index >= 15 is 0 Å². The van der Waals surface area contributed by atoms with E-state index in [0.717, 1.165) is 35.0 Å². The summed E-state index contributed by atoms with van der Waals surface area (Å²) in [6.07, 6.45) is 4.23. The highest BCUT2D eigenvalue weighted by Crippen LogP contribution is 2.27. The number of hydrogen-bond acceptors (Lipinski definition) is 3. The number of ether oxygens (including phenoxy) is 1. The number of carbonyl (C=O) groups is 1. The summed E-state index contributed by atoms with van der Waals surface area (Å²) in [5.41, 5.74) is 1.10. The van der Waals surface area contributed by atoms with E-state index in [4.69, 9.17) is 4.74 Å². The normalized spacial score (nSPS) is 21.3. The first-order chi connectivity index (χ1) is 10.1. The highest BCUT2D eigenvalue weighted by Gasteiger charge is 2.27. The summed E-state index contributed by atoms with van der Waals surface area (Å²) < 4.78 is 6.09.